The second kappa shape index (κ2) is 7.53. The van der Waals surface area contributed by atoms with Gasteiger partial charge in [0.15, 0.2) is 5.13 Å². The Balaban J connectivity index is 1.98. The van der Waals surface area contributed by atoms with Crippen LogP contribution < -0.4 is 5.32 Å². The number of benzene rings is 1. The Labute approximate surface area is 194 Å². The summed E-state index contributed by atoms with van der Waals surface area (Å²) in [6, 6.07) is 6.42. The molecule has 1 N–H and O–H groups in total. The summed E-state index contributed by atoms with van der Waals surface area (Å²) in [5, 5.41) is 1.22. The zero-order valence-electron chi connectivity index (χ0n) is 17.8. The monoisotopic (exact) mass is 540 g/mol. The molecular formula is C20H15F11N2OS. The van der Waals surface area contributed by atoms with Gasteiger partial charge in [-0.2, -0.15) is 43.9 Å². The average molecular weight is 540 g/mol. The molecule has 2 aromatic rings. The summed E-state index contributed by atoms with van der Waals surface area (Å²) in [5.41, 5.74) is -5.80. The first-order valence-corrected chi connectivity index (χ1v) is 10.4. The van der Waals surface area contributed by atoms with Gasteiger partial charge in [0, 0.05) is 10.9 Å². The van der Waals surface area contributed by atoms with Crippen LogP contribution in [0.2, 0.25) is 0 Å². The van der Waals surface area contributed by atoms with Gasteiger partial charge in [0.1, 0.15) is 0 Å². The molecule has 1 heterocycles. The molecule has 15 heteroatoms. The summed E-state index contributed by atoms with van der Waals surface area (Å²) in [7, 11) is 0. The van der Waals surface area contributed by atoms with Gasteiger partial charge in [0.25, 0.3) is 5.91 Å². The van der Waals surface area contributed by atoms with Gasteiger partial charge in [-0.05, 0) is 11.0 Å². The van der Waals surface area contributed by atoms with Crippen molar-refractivity contribution in [2.45, 2.75) is 61.5 Å². The maximum Gasteiger partial charge on any atom is 0.384 e. The van der Waals surface area contributed by atoms with Gasteiger partial charge in [-0.1, -0.05) is 45.0 Å². The van der Waals surface area contributed by atoms with Crippen molar-refractivity contribution in [2.24, 2.45) is 0 Å². The van der Waals surface area contributed by atoms with Crippen molar-refractivity contribution in [2.75, 3.05) is 5.32 Å². The zero-order chi connectivity index (χ0) is 27.0. The first kappa shape index (κ1) is 27.1. The molecule has 0 bridgehead atoms. The van der Waals surface area contributed by atoms with E-state index in [1.807, 2.05) is 20.8 Å². The topological polar surface area (TPSA) is 42.0 Å². The summed E-state index contributed by atoms with van der Waals surface area (Å²) in [4.78, 5) is 15.7. The van der Waals surface area contributed by atoms with Crippen molar-refractivity contribution < 1.29 is 53.1 Å². The minimum Gasteiger partial charge on any atom is -0.299 e. The maximum atomic E-state index is 14.8. The quantitative estimate of drug-likeness (QED) is 0.429. The molecule has 0 radical (unpaired) electrons. The van der Waals surface area contributed by atoms with Gasteiger partial charge in [-0.15, -0.1) is 11.3 Å². The van der Waals surface area contributed by atoms with E-state index in [0.717, 1.165) is 16.3 Å². The van der Waals surface area contributed by atoms with E-state index in [1.54, 1.807) is 12.1 Å². The van der Waals surface area contributed by atoms with Crippen molar-refractivity contribution in [3.05, 3.63) is 35.2 Å². The molecule has 1 fully saturated rings. The largest absolute Gasteiger partial charge is 0.384 e. The van der Waals surface area contributed by atoms with E-state index in [2.05, 4.69) is 4.98 Å². The fraction of sp³-hybridized carbons (Fsp3) is 0.500. The highest BCUT2D eigenvalue weighted by Gasteiger charge is 3.02. The number of alkyl halides is 11. The Morgan fingerprint density at radius 2 is 1.20 bits per heavy atom. The number of carbonyl (C=O) groups is 1. The Bertz CT molecular complexity index is 1110. The molecule has 194 valence electrons. The Morgan fingerprint density at radius 3 is 1.63 bits per heavy atom. The lowest BCUT2D eigenvalue weighted by Gasteiger charge is -2.51. The van der Waals surface area contributed by atoms with Gasteiger partial charge in [-0.3, -0.25) is 10.1 Å². The molecule has 0 atom stereocenters. The van der Waals surface area contributed by atoms with E-state index in [0.29, 0.717) is 16.9 Å². The van der Waals surface area contributed by atoms with Crippen molar-refractivity contribution in [1.82, 2.24) is 4.98 Å². The number of hydrogen-bond donors (Lipinski definition) is 1. The first-order chi connectivity index (χ1) is 15.6. The van der Waals surface area contributed by atoms with Crippen LogP contribution in [0, 0.1) is 0 Å². The molecule has 0 saturated heterocycles. The lowest BCUT2D eigenvalue weighted by atomic mass is 9.71. The van der Waals surface area contributed by atoms with Gasteiger partial charge in [-0.25, -0.2) is 9.37 Å². The van der Waals surface area contributed by atoms with Crippen LogP contribution in [0.15, 0.2) is 29.6 Å². The third-order valence-corrected chi connectivity index (χ3v) is 6.28. The molecular weight excluding hydrogens is 525 g/mol. The maximum absolute atomic E-state index is 14.8. The highest BCUT2D eigenvalue weighted by molar-refractivity contribution is 7.14. The van der Waals surface area contributed by atoms with E-state index in [1.165, 1.54) is 12.1 Å². The number of hydrogen-bond acceptors (Lipinski definition) is 3. The summed E-state index contributed by atoms with van der Waals surface area (Å²) < 4.78 is 152. The number of carbonyl (C=O) groups excluding carboxylic acids is 1. The molecule has 3 nitrogen and oxygen atoms in total. The number of amides is 1. The minimum absolute atomic E-state index is 0.0111. The first-order valence-electron chi connectivity index (χ1n) is 9.53. The smallest absolute Gasteiger partial charge is 0.299 e. The summed E-state index contributed by atoms with van der Waals surface area (Å²) in [5.74, 6) is -40.0. The van der Waals surface area contributed by atoms with Crippen LogP contribution in [0.3, 0.4) is 0 Å². The number of nitrogens with one attached hydrogen (secondary N) is 1. The molecule has 0 aliphatic heterocycles. The third-order valence-electron chi connectivity index (χ3n) is 5.53. The van der Waals surface area contributed by atoms with Gasteiger partial charge >= 0.3 is 35.3 Å². The molecule has 1 saturated carbocycles. The summed E-state index contributed by atoms with van der Waals surface area (Å²) >= 11 is 0.322. The van der Waals surface area contributed by atoms with E-state index < -0.39 is 46.3 Å². The van der Waals surface area contributed by atoms with E-state index in [4.69, 9.17) is 0 Å². The van der Waals surface area contributed by atoms with Gasteiger partial charge < -0.3 is 0 Å². The number of halogens is 11. The van der Waals surface area contributed by atoms with Crippen LogP contribution in [0.1, 0.15) is 26.3 Å². The van der Waals surface area contributed by atoms with Crippen LogP contribution in [-0.2, 0) is 10.2 Å². The van der Waals surface area contributed by atoms with Gasteiger partial charge in [0.2, 0.25) is 0 Å². The third kappa shape index (κ3) is 3.36. The molecule has 1 aromatic carbocycles. The number of nitrogens with zero attached hydrogens (tertiary/aromatic N) is 1. The van der Waals surface area contributed by atoms with Crippen molar-refractivity contribution in [3.63, 3.8) is 0 Å². The SMILES string of the molecule is CC(C)(C)c1ccc(-c2csc(NC(=O)C3(F)C(F)(F)C(F)(F)C(F)(F)C(F)(F)C3(F)F)n2)cc1. The highest BCUT2D eigenvalue weighted by Crippen LogP contribution is 2.69. The lowest BCUT2D eigenvalue weighted by molar-refractivity contribution is -0.475. The lowest BCUT2D eigenvalue weighted by Crippen LogP contribution is -2.86. The second-order valence-electron chi connectivity index (χ2n) is 8.85. The molecule has 3 rings (SSSR count). The normalized spacial score (nSPS) is 23.5. The van der Waals surface area contributed by atoms with E-state index in [9.17, 15) is 53.1 Å². The Kier molecular flexibility index (Phi) is 5.84. The molecule has 35 heavy (non-hydrogen) atoms. The van der Waals surface area contributed by atoms with E-state index >= 15 is 0 Å². The predicted octanol–water partition coefficient (Wildman–Crippen LogP) is 6.94. The molecule has 1 aliphatic rings. The van der Waals surface area contributed by atoms with Crippen LogP contribution in [-0.4, -0.2) is 46.2 Å². The van der Waals surface area contributed by atoms with Crippen molar-refractivity contribution in [1.29, 1.82) is 0 Å². The van der Waals surface area contributed by atoms with E-state index in [-0.39, 0.29) is 11.1 Å². The van der Waals surface area contributed by atoms with Crippen LogP contribution in [0.25, 0.3) is 11.3 Å². The van der Waals surface area contributed by atoms with Gasteiger partial charge in [0.05, 0.1) is 5.69 Å². The fourth-order valence-electron chi connectivity index (χ4n) is 3.29. The second-order valence-corrected chi connectivity index (χ2v) is 9.71. The summed E-state index contributed by atoms with van der Waals surface area (Å²) in [6.45, 7) is 5.72. The van der Waals surface area contributed by atoms with Crippen LogP contribution in [0.4, 0.5) is 53.4 Å². The van der Waals surface area contributed by atoms with Crippen molar-refractivity contribution >= 4 is 22.4 Å². The number of aromatic nitrogens is 1. The molecule has 1 amide bonds. The zero-order valence-corrected chi connectivity index (χ0v) is 18.6. The minimum atomic E-state index is -7.39. The molecule has 1 aliphatic carbocycles. The average Bonchev–Trinajstić information content (AvgIpc) is 3.19. The Hall–Kier alpha value is -2.45. The molecule has 0 unspecified atom stereocenters. The summed E-state index contributed by atoms with van der Waals surface area (Å²) in [6.07, 6.45) is 0. The van der Waals surface area contributed by atoms with Crippen LogP contribution >= 0.6 is 11.3 Å². The van der Waals surface area contributed by atoms with Crippen LogP contribution in [0.5, 0.6) is 0 Å². The number of thiazole rings is 1. The number of anilines is 1. The number of rotatable bonds is 3. The molecule has 1 aromatic heterocycles. The predicted molar refractivity (Wildman–Crippen MR) is 103 cm³/mol. The molecule has 0 spiro atoms. The fourth-order valence-corrected chi connectivity index (χ4v) is 4.01. The highest BCUT2D eigenvalue weighted by atomic mass is 32.1. The Morgan fingerprint density at radius 1 is 0.771 bits per heavy atom. The van der Waals surface area contributed by atoms with Crippen molar-refractivity contribution in [3.8, 4) is 11.3 Å². The standard InChI is InChI=1S/C20H15F11N2OS/c1-14(2,3)10-6-4-9(5-7-10)11-8-35-13(32-11)33-12(34)15(21)16(22,23)18(26,27)20(30,31)19(28,29)17(15,24)25/h4-8H,1-3H3,(H,32,33,34).